The molecule has 98 valence electrons. The van der Waals surface area contributed by atoms with Crippen LogP contribution in [0, 0.1) is 0 Å². The fraction of sp³-hybridized carbons (Fsp3) is 0.615. The molecule has 0 bridgehead atoms. The maximum Gasteiger partial charge on any atom is 0.408 e. The number of carbonyl (C=O) groups excluding carboxylic acids is 1. The maximum absolute atomic E-state index is 11.6. The second kappa shape index (κ2) is 6.45. The lowest BCUT2D eigenvalue weighted by Gasteiger charge is -2.24. The third kappa shape index (κ3) is 6.12. The average Bonchev–Trinajstić information content (AvgIpc) is 2.13. The fourth-order valence-corrected chi connectivity index (χ4v) is 1.39. The lowest BCUT2D eigenvalue weighted by molar-refractivity contribution is 0.0517. The number of rotatable bonds is 4. The molecule has 2 N–H and O–H groups in total. The van der Waals surface area contributed by atoms with E-state index in [1.54, 1.807) is 46.8 Å². The quantitative estimate of drug-likeness (QED) is 0.743. The van der Waals surface area contributed by atoms with E-state index in [-0.39, 0.29) is 0 Å². The second-order valence-electron chi connectivity index (χ2n) is 4.82. The summed E-state index contributed by atoms with van der Waals surface area (Å²) in [6.07, 6.45) is 2.15. The molecule has 0 aliphatic heterocycles. The molecule has 0 saturated carbocycles. The molecule has 1 unspecified atom stereocenters. The summed E-state index contributed by atoms with van der Waals surface area (Å²) >= 11 is 0. The van der Waals surface area contributed by atoms with E-state index < -0.39 is 23.8 Å². The summed E-state index contributed by atoms with van der Waals surface area (Å²) in [4.78, 5) is 11.6. The highest BCUT2D eigenvalue weighted by Gasteiger charge is 2.21. The Morgan fingerprint density at radius 3 is 2.29 bits per heavy atom. The van der Waals surface area contributed by atoms with Crippen molar-refractivity contribution in [1.82, 2.24) is 5.32 Å². The van der Waals surface area contributed by atoms with Gasteiger partial charge in [0.1, 0.15) is 5.60 Å². The van der Waals surface area contributed by atoms with E-state index in [4.69, 9.17) is 4.74 Å². The Bertz CT molecular complexity index is 300. The van der Waals surface area contributed by atoms with E-state index >= 15 is 0 Å². The summed E-state index contributed by atoms with van der Waals surface area (Å²) in [5.41, 5.74) is 0.141. The smallest absolute Gasteiger partial charge is 0.408 e. The number of carbonyl (C=O) groups is 1. The van der Waals surface area contributed by atoms with Gasteiger partial charge in [-0.1, -0.05) is 12.2 Å². The van der Waals surface area contributed by atoms with E-state index in [0.29, 0.717) is 5.57 Å². The van der Waals surface area contributed by atoms with E-state index in [2.05, 4.69) is 11.9 Å². The molecule has 0 heterocycles. The van der Waals surface area contributed by atoms with Crippen LogP contribution in [-0.4, -0.2) is 28.9 Å². The number of aliphatic hydroxyl groups excluding tert-OH is 1. The van der Waals surface area contributed by atoms with Crippen LogP contribution >= 0.6 is 0 Å². The van der Waals surface area contributed by atoms with E-state index in [1.165, 1.54) is 0 Å². The molecular formula is C13H23NO3. The number of amides is 1. The van der Waals surface area contributed by atoms with Gasteiger partial charge in [-0.05, 0) is 40.2 Å². The summed E-state index contributed by atoms with van der Waals surface area (Å²) < 4.78 is 5.14. The molecule has 0 fully saturated rings. The molecule has 4 nitrogen and oxygen atoms in total. The molecule has 1 amide bonds. The topological polar surface area (TPSA) is 58.6 Å². The van der Waals surface area contributed by atoms with Gasteiger partial charge in [0.05, 0.1) is 12.1 Å². The number of alkyl carbamates (subject to hydrolysis) is 1. The van der Waals surface area contributed by atoms with Gasteiger partial charge in [0.2, 0.25) is 0 Å². The highest BCUT2D eigenvalue weighted by molar-refractivity contribution is 5.69. The highest BCUT2D eigenvalue weighted by Crippen LogP contribution is 2.11. The van der Waals surface area contributed by atoms with Gasteiger partial charge in [-0.25, -0.2) is 4.79 Å². The van der Waals surface area contributed by atoms with Crippen molar-refractivity contribution in [2.45, 2.75) is 52.4 Å². The summed E-state index contributed by atoms with van der Waals surface area (Å²) in [7, 11) is 0. The first-order valence-electron chi connectivity index (χ1n) is 5.67. The molecule has 0 rings (SSSR count). The van der Waals surface area contributed by atoms with Crippen LogP contribution in [0.5, 0.6) is 0 Å². The average molecular weight is 241 g/mol. The molecule has 17 heavy (non-hydrogen) atoms. The number of hydrogen-bond acceptors (Lipinski definition) is 3. The van der Waals surface area contributed by atoms with E-state index in [1.807, 2.05) is 0 Å². The minimum atomic E-state index is -0.641. The first kappa shape index (κ1) is 15.7. The Balaban J connectivity index is 4.62. The monoisotopic (exact) mass is 241 g/mol. The molecule has 0 radical (unpaired) electrons. The number of hydrogen-bond donors (Lipinski definition) is 2. The second-order valence-corrected chi connectivity index (χ2v) is 4.82. The maximum atomic E-state index is 11.6. The van der Waals surface area contributed by atoms with Crippen molar-refractivity contribution in [2.75, 3.05) is 0 Å². The normalized spacial score (nSPS) is 16.0. The van der Waals surface area contributed by atoms with Crippen molar-refractivity contribution < 1.29 is 14.6 Å². The van der Waals surface area contributed by atoms with Crippen molar-refractivity contribution in [3.05, 3.63) is 24.3 Å². The highest BCUT2D eigenvalue weighted by atomic mass is 16.6. The van der Waals surface area contributed by atoms with Gasteiger partial charge in [0.25, 0.3) is 0 Å². The fourth-order valence-electron chi connectivity index (χ4n) is 1.39. The van der Waals surface area contributed by atoms with Crippen molar-refractivity contribution in [2.24, 2.45) is 0 Å². The molecule has 0 aromatic carbocycles. The van der Waals surface area contributed by atoms with Gasteiger partial charge < -0.3 is 15.2 Å². The van der Waals surface area contributed by atoms with Crippen molar-refractivity contribution in [3.8, 4) is 0 Å². The van der Waals surface area contributed by atoms with Crippen LogP contribution in [0.15, 0.2) is 24.3 Å². The minimum Gasteiger partial charge on any atom is -0.444 e. The molecule has 0 saturated heterocycles. The molecule has 0 aromatic heterocycles. The van der Waals surface area contributed by atoms with E-state index in [9.17, 15) is 9.90 Å². The minimum absolute atomic E-state index is 0.421. The summed E-state index contributed by atoms with van der Waals surface area (Å²) in [6.45, 7) is 12.5. The van der Waals surface area contributed by atoms with Crippen LogP contribution in [0.2, 0.25) is 0 Å². The molecule has 4 heteroatoms. The Labute approximate surface area is 103 Å². The Morgan fingerprint density at radius 2 is 2.00 bits per heavy atom. The van der Waals surface area contributed by atoms with Crippen LogP contribution in [0.1, 0.15) is 34.6 Å². The summed E-state index contributed by atoms with van der Waals surface area (Å²) in [5.74, 6) is 0. The number of ether oxygens (including phenoxy) is 1. The van der Waals surface area contributed by atoms with Crippen LogP contribution in [-0.2, 0) is 4.74 Å². The van der Waals surface area contributed by atoms with Crippen molar-refractivity contribution in [1.29, 1.82) is 0 Å². The summed E-state index contributed by atoms with van der Waals surface area (Å²) in [6, 6.07) is -0.421. The first-order chi connectivity index (χ1) is 7.71. The van der Waals surface area contributed by atoms with Crippen LogP contribution in [0.4, 0.5) is 4.79 Å². The lowest BCUT2D eigenvalue weighted by Crippen LogP contribution is -2.40. The Kier molecular flexibility index (Phi) is 5.96. The predicted molar refractivity (Wildman–Crippen MR) is 68.8 cm³/mol. The van der Waals surface area contributed by atoms with Gasteiger partial charge in [0.15, 0.2) is 0 Å². The van der Waals surface area contributed by atoms with Gasteiger partial charge >= 0.3 is 6.09 Å². The SMILES string of the molecule is C=CC(NC(=O)OC(C)(C)C)/C(=C/C)[C@H](C)O. The molecule has 0 aliphatic rings. The third-order valence-electron chi connectivity index (χ3n) is 2.08. The molecule has 0 spiro atoms. The van der Waals surface area contributed by atoms with Gasteiger partial charge in [-0.15, -0.1) is 6.58 Å². The Morgan fingerprint density at radius 1 is 1.47 bits per heavy atom. The predicted octanol–water partition coefficient (Wildman–Crippen LogP) is 2.39. The van der Waals surface area contributed by atoms with Gasteiger partial charge in [0, 0.05) is 0 Å². The molecular weight excluding hydrogens is 218 g/mol. The van der Waals surface area contributed by atoms with Crippen molar-refractivity contribution in [3.63, 3.8) is 0 Å². The third-order valence-corrected chi connectivity index (χ3v) is 2.08. The zero-order valence-electron chi connectivity index (χ0n) is 11.3. The number of allylic oxidation sites excluding steroid dienone is 1. The van der Waals surface area contributed by atoms with Crippen LogP contribution < -0.4 is 5.32 Å². The zero-order chi connectivity index (χ0) is 13.6. The largest absolute Gasteiger partial charge is 0.444 e. The summed E-state index contributed by atoms with van der Waals surface area (Å²) in [5, 5.41) is 12.2. The number of nitrogens with one attached hydrogen (secondary N) is 1. The van der Waals surface area contributed by atoms with Gasteiger partial charge in [-0.3, -0.25) is 0 Å². The zero-order valence-corrected chi connectivity index (χ0v) is 11.3. The van der Waals surface area contributed by atoms with Crippen molar-refractivity contribution >= 4 is 6.09 Å². The Hall–Kier alpha value is -1.29. The molecule has 0 aromatic rings. The standard InChI is InChI=1S/C13H23NO3/c1-7-10(9(3)15)11(8-2)14-12(16)17-13(4,5)6/h7-9,11,15H,2H2,1,3-6H3,(H,14,16)/b10-7+/t9-,11?/m0/s1. The first-order valence-corrected chi connectivity index (χ1v) is 5.67. The molecule has 0 aliphatic carbocycles. The van der Waals surface area contributed by atoms with Gasteiger partial charge in [-0.2, -0.15) is 0 Å². The van der Waals surface area contributed by atoms with Crippen LogP contribution in [0.25, 0.3) is 0 Å². The van der Waals surface area contributed by atoms with E-state index in [0.717, 1.165) is 0 Å². The molecule has 2 atom stereocenters. The number of aliphatic hydroxyl groups is 1. The lowest BCUT2D eigenvalue weighted by atomic mass is 10.0. The van der Waals surface area contributed by atoms with Crippen LogP contribution in [0.3, 0.4) is 0 Å².